The van der Waals surface area contributed by atoms with E-state index in [1.165, 1.54) is 11.1 Å². The number of allylic oxidation sites excluding steroid dienone is 3. The molecule has 5 atom stereocenters. The van der Waals surface area contributed by atoms with Gasteiger partial charge in [-0.1, -0.05) is 57.2 Å². The number of benzene rings is 1. The van der Waals surface area contributed by atoms with Crippen molar-refractivity contribution in [1.82, 2.24) is 0 Å². The van der Waals surface area contributed by atoms with Crippen LogP contribution in [0.4, 0.5) is 10.1 Å². The Morgan fingerprint density at radius 2 is 1.96 bits per heavy atom. The van der Waals surface area contributed by atoms with Crippen molar-refractivity contribution in [3.8, 4) is 0 Å². The first-order valence-corrected chi connectivity index (χ1v) is 9.47. The highest BCUT2D eigenvalue weighted by Gasteiger charge is 2.44. The van der Waals surface area contributed by atoms with Gasteiger partial charge in [0.2, 0.25) is 0 Å². The first-order chi connectivity index (χ1) is 11.9. The van der Waals surface area contributed by atoms with Crippen LogP contribution in [-0.4, -0.2) is 18.8 Å². The second-order valence-corrected chi connectivity index (χ2v) is 8.61. The van der Waals surface area contributed by atoms with Crippen LogP contribution in [0.5, 0.6) is 0 Å². The zero-order valence-electron chi connectivity index (χ0n) is 15.3. The third-order valence-electron chi connectivity index (χ3n) is 5.90. The van der Waals surface area contributed by atoms with Crippen LogP contribution in [0, 0.1) is 11.8 Å². The fourth-order valence-corrected chi connectivity index (χ4v) is 4.47. The van der Waals surface area contributed by atoms with E-state index in [1.807, 2.05) is 18.2 Å². The molecule has 1 fully saturated rings. The van der Waals surface area contributed by atoms with Gasteiger partial charge in [0.15, 0.2) is 0 Å². The van der Waals surface area contributed by atoms with Gasteiger partial charge in [-0.15, -0.1) is 0 Å². The van der Waals surface area contributed by atoms with Crippen LogP contribution < -0.4 is 5.32 Å². The molecule has 0 amide bonds. The van der Waals surface area contributed by atoms with Crippen molar-refractivity contribution in [2.24, 2.45) is 11.8 Å². The molecule has 0 aromatic heterocycles. The molecule has 25 heavy (non-hydrogen) atoms. The summed E-state index contributed by atoms with van der Waals surface area (Å²) in [5.74, 6) is 0.186. The second kappa shape index (κ2) is 6.28. The van der Waals surface area contributed by atoms with Gasteiger partial charge in [0.1, 0.15) is 6.17 Å². The largest absolute Gasteiger partial charge is 0.381 e. The van der Waals surface area contributed by atoms with Gasteiger partial charge in [-0.25, -0.2) is 4.39 Å². The van der Waals surface area contributed by atoms with E-state index in [0.29, 0.717) is 5.92 Å². The van der Waals surface area contributed by atoms with Crippen LogP contribution >= 0.6 is 0 Å². The standard InChI is InChI=1S/C22H28FNO/c1-22(2,3)14-10-11-19-17(13-14)21-16(8-6-12-25-21)20(24-19)15-7-4-5-9-18(15)23/h4-5,7,9-11,13,15-16,18,20-21,24H,6,8,12H2,1-3H3/t15?,16-,18?,20-,21-/m0/s1. The Balaban J connectivity index is 1.73. The number of alkyl halides is 1. The third-order valence-corrected chi connectivity index (χ3v) is 5.90. The van der Waals surface area contributed by atoms with Crippen LogP contribution in [-0.2, 0) is 10.2 Å². The molecule has 1 saturated heterocycles. The molecule has 3 aliphatic rings. The number of ether oxygens (including phenoxy) is 1. The molecule has 0 bridgehead atoms. The summed E-state index contributed by atoms with van der Waals surface area (Å²) < 4.78 is 20.8. The van der Waals surface area contributed by atoms with E-state index in [1.54, 1.807) is 6.08 Å². The summed E-state index contributed by atoms with van der Waals surface area (Å²) in [7, 11) is 0. The third kappa shape index (κ3) is 3.03. The summed E-state index contributed by atoms with van der Waals surface area (Å²) in [4.78, 5) is 0. The van der Waals surface area contributed by atoms with Crippen molar-refractivity contribution < 1.29 is 9.13 Å². The van der Waals surface area contributed by atoms with Gasteiger partial charge >= 0.3 is 0 Å². The SMILES string of the molecule is CC(C)(C)c1ccc2c(c1)[C@H]1OCCC[C@H]1[C@H](C1C=CC=CC1F)N2. The van der Waals surface area contributed by atoms with Gasteiger partial charge in [0.05, 0.1) is 6.10 Å². The lowest BCUT2D eigenvalue weighted by Crippen LogP contribution is -2.47. The number of anilines is 1. The first kappa shape index (κ1) is 16.8. The molecule has 0 radical (unpaired) electrons. The van der Waals surface area contributed by atoms with E-state index >= 15 is 0 Å². The van der Waals surface area contributed by atoms with E-state index in [4.69, 9.17) is 4.74 Å². The van der Waals surface area contributed by atoms with Crippen molar-refractivity contribution in [2.45, 2.75) is 57.3 Å². The van der Waals surface area contributed by atoms with Crippen molar-refractivity contribution >= 4 is 5.69 Å². The van der Waals surface area contributed by atoms with Gasteiger partial charge in [-0.2, -0.15) is 0 Å². The molecule has 0 saturated carbocycles. The van der Waals surface area contributed by atoms with Gasteiger partial charge in [-0.05, 0) is 29.9 Å². The summed E-state index contributed by atoms with van der Waals surface area (Å²) in [6.07, 6.45) is 8.75. The van der Waals surface area contributed by atoms with Crippen LogP contribution in [0.3, 0.4) is 0 Å². The Hall–Kier alpha value is -1.61. The topological polar surface area (TPSA) is 21.3 Å². The van der Waals surface area contributed by atoms with Crippen molar-refractivity contribution in [2.75, 3.05) is 11.9 Å². The van der Waals surface area contributed by atoms with E-state index in [9.17, 15) is 4.39 Å². The van der Waals surface area contributed by atoms with E-state index in [2.05, 4.69) is 44.3 Å². The Kier molecular flexibility index (Phi) is 4.23. The van der Waals surface area contributed by atoms with Gasteiger partial charge < -0.3 is 10.1 Å². The van der Waals surface area contributed by atoms with Crippen molar-refractivity contribution in [3.63, 3.8) is 0 Å². The lowest BCUT2D eigenvalue weighted by molar-refractivity contribution is -0.0442. The molecule has 1 aromatic carbocycles. The molecular weight excluding hydrogens is 313 g/mol. The van der Waals surface area contributed by atoms with E-state index < -0.39 is 6.17 Å². The highest BCUT2D eigenvalue weighted by Crippen LogP contribution is 2.47. The summed E-state index contributed by atoms with van der Waals surface area (Å²) in [6.45, 7) is 7.51. The molecular formula is C22H28FNO. The predicted octanol–water partition coefficient (Wildman–Crippen LogP) is 5.33. The maximum absolute atomic E-state index is 14.6. The molecule has 1 N–H and O–H groups in total. The molecule has 2 unspecified atom stereocenters. The lowest BCUT2D eigenvalue weighted by atomic mass is 9.72. The zero-order chi connectivity index (χ0) is 17.6. The highest BCUT2D eigenvalue weighted by atomic mass is 19.1. The second-order valence-electron chi connectivity index (χ2n) is 8.61. The van der Waals surface area contributed by atoms with Gasteiger partial charge in [-0.3, -0.25) is 0 Å². The van der Waals surface area contributed by atoms with Crippen molar-refractivity contribution in [1.29, 1.82) is 0 Å². The lowest BCUT2D eigenvalue weighted by Gasteiger charge is -2.46. The number of hydrogen-bond donors (Lipinski definition) is 1. The molecule has 1 aromatic rings. The van der Waals surface area contributed by atoms with Gasteiger partial charge in [0.25, 0.3) is 0 Å². The maximum atomic E-state index is 14.6. The molecule has 2 nitrogen and oxygen atoms in total. The van der Waals surface area contributed by atoms with Crippen molar-refractivity contribution in [3.05, 3.63) is 53.6 Å². The number of rotatable bonds is 1. The minimum atomic E-state index is -0.930. The zero-order valence-corrected chi connectivity index (χ0v) is 15.3. The average molecular weight is 341 g/mol. The smallest absolute Gasteiger partial charge is 0.127 e. The highest BCUT2D eigenvalue weighted by molar-refractivity contribution is 5.58. The quantitative estimate of drug-likeness (QED) is 0.746. The maximum Gasteiger partial charge on any atom is 0.127 e. The monoisotopic (exact) mass is 341 g/mol. The van der Waals surface area contributed by atoms with Crippen LogP contribution in [0.15, 0.2) is 42.5 Å². The van der Waals surface area contributed by atoms with Gasteiger partial charge in [0, 0.05) is 35.7 Å². The minimum Gasteiger partial charge on any atom is -0.381 e. The Bertz CT molecular complexity index is 702. The fraction of sp³-hybridized carbons (Fsp3) is 0.545. The minimum absolute atomic E-state index is 0.0730. The summed E-state index contributed by atoms with van der Waals surface area (Å²) >= 11 is 0. The Morgan fingerprint density at radius 3 is 2.72 bits per heavy atom. The number of hydrogen-bond acceptors (Lipinski definition) is 2. The number of fused-ring (bicyclic) bond motifs is 3. The fourth-order valence-electron chi connectivity index (χ4n) is 4.47. The van der Waals surface area contributed by atoms with Crippen LogP contribution in [0.2, 0.25) is 0 Å². The number of nitrogens with one attached hydrogen (secondary N) is 1. The Morgan fingerprint density at radius 1 is 1.16 bits per heavy atom. The van der Waals surface area contributed by atoms with Crippen LogP contribution in [0.25, 0.3) is 0 Å². The molecule has 2 aliphatic heterocycles. The molecule has 4 rings (SSSR count). The van der Waals surface area contributed by atoms with Crippen LogP contribution in [0.1, 0.15) is 50.8 Å². The molecule has 3 heteroatoms. The predicted molar refractivity (Wildman–Crippen MR) is 101 cm³/mol. The first-order valence-electron chi connectivity index (χ1n) is 9.47. The number of halogens is 1. The van der Waals surface area contributed by atoms with E-state index in [-0.39, 0.29) is 23.5 Å². The average Bonchev–Trinajstić information content (AvgIpc) is 2.60. The molecule has 134 valence electrons. The Labute approximate surface area is 150 Å². The molecule has 0 spiro atoms. The summed E-state index contributed by atoms with van der Waals surface area (Å²) in [6, 6.07) is 6.72. The summed E-state index contributed by atoms with van der Waals surface area (Å²) in [5.41, 5.74) is 3.79. The normalized spacial score (nSPS) is 34.2. The summed E-state index contributed by atoms with van der Waals surface area (Å²) in [5, 5.41) is 3.67. The molecule has 2 heterocycles. The van der Waals surface area contributed by atoms with E-state index in [0.717, 1.165) is 25.1 Å². The molecule has 1 aliphatic carbocycles.